The van der Waals surface area contributed by atoms with Gasteiger partial charge in [-0.2, -0.15) is 0 Å². The van der Waals surface area contributed by atoms with Crippen molar-refractivity contribution in [3.05, 3.63) is 206 Å². The van der Waals surface area contributed by atoms with Crippen molar-refractivity contribution in [1.29, 1.82) is 0 Å². The fourth-order valence-corrected chi connectivity index (χ4v) is 6.10. The van der Waals surface area contributed by atoms with E-state index in [1.54, 1.807) is 0 Å². The maximum Gasteiger partial charge on any atom is 0.177 e. The Morgan fingerprint density at radius 2 is 0.647 bits per heavy atom. The molecule has 0 spiro atoms. The third-order valence-electron chi connectivity index (χ3n) is 8.67. The smallest absolute Gasteiger partial charge is 0.177 e. The lowest BCUT2D eigenvalue weighted by Gasteiger charge is -2.17. The van der Waals surface area contributed by atoms with Crippen molar-refractivity contribution in [3.63, 3.8) is 0 Å². The summed E-state index contributed by atoms with van der Waals surface area (Å²) in [6, 6.07) is 69.5. The summed E-state index contributed by atoms with van der Waals surface area (Å²) < 4.78 is 19.4. The molecule has 8 aromatic rings. The van der Waals surface area contributed by atoms with Crippen LogP contribution in [0.1, 0.15) is 0 Å². The predicted octanol–water partition coefficient (Wildman–Crippen LogP) is 13.7. The third-order valence-corrected chi connectivity index (χ3v) is 8.67. The lowest BCUT2D eigenvalue weighted by molar-refractivity contribution is 0.420. The van der Waals surface area contributed by atoms with Crippen LogP contribution in [0.15, 0.2) is 206 Å². The van der Waals surface area contributed by atoms with E-state index >= 15 is 0 Å². The van der Waals surface area contributed by atoms with Crippen molar-refractivity contribution >= 4 is 0 Å². The van der Waals surface area contributed by atoms with E-state index in [9.17, 15) is 0 Å². The molecule has 0 saturated heterocycles. The van der Waals surface area contributed by atoms with Crippen molar-refractivity contribution in [2.24, 2.45) is 0 Å². The van der Waals surface area contributed by atoms with E-state index in [2.05, 4.69) is 97.1 Å². The van der Waals surface area contributed by atoms with Gasteiger partial charge in [-0.1, -0.05) is 152 Å². The molecule has 3 nitrogen and oxygen atoms in total. The zero-order valence-corrected chi connectivity index (χ0v) is 27.9. The third kappa shape index (κ3) is 7.44. The minimum absolute atomic E-state index is 0.627. The summed E-state index contributed by atoms with van der Waals surface area (Å²) in [4.78, 5) is 0. The average molecular weight is 659 g/mol. The van der Waals surface area contributed by atoms with E-state index in [0.29, 0.717) is 17.2 Å². The molecule has 0 amide bonds. The standard InChI is InChI=1S/C48H34O3/c1-4-13-35(14-5-1)37-25-27-39(28-26-37)46-23-12-24-47(48(46)51-42-19-8-3-9-20-42)50-45-22-11-18-41(34-45)38-29-31-43(32-30-38)49-44-21-10-17-40(33-44)36-15-6-2-7-16-36/h1-34H. The van der Waals surface area contributed by atoms with Gasteiger partial charge in [0.1, 0.15) is 23.0 Å². The van der Waals surface area contributed by atoms with Crippen LogP contribution in [0, 0.1) is 0 Å². The molecule has 0 atom stereocenters. The van der Waals surface area contributed by atoms with Crippen LogP contribution in [0.4, 0.5) is 0 Å². The highest BCUT2D eigenvalue weighted by Gasteiger charge is 2.16. The minimum Gasteiger partial charge on any atom is -0.457 e. The zero-order valence-electron chi connectivity index (χ0n) is 27.9. The second kappa shape index (κ2) is 14.7. The monoisotopic (exact) mass is 658 g/mol. The molecule has 0 aliphatic rings. The van der Waals surface area contributed by atoms with E-state index < -0.39 is 0 Å². The Bertz CT molecular complexity index is 2350. The van der Waals surface area contributed by atoms with Gasteiger partial charge in [0.15, 0.2) is 11.5 Å². The molecule has 0 aliphatic carbocycles. The summed E-state index contributed by atoms with van der Waals surface area (Å²) in [5.74, 6) is 4.29. The summed E-state index contributed by atoms with van der Waals surface area (Å²) in [5, 5.41) is 0. The van der Waals surface area contributed by atoms with Gasteiger partial charge < -0.3 is 14.2 Å². The number of ether oxygens (including phenoxy) is 3. The highest BCUT2D eigenvalue weighted by molar-refractivity contribution is 5.77. The summed E-state index contributed by atoms with van der Waals surface area (Å²) in [7, 11) is 0. The molecule has 0 heterocycles. The quantitative estimate of drug-likeness (QED) is 0.146. The molecule has 0 unspecified atom stereocenters. The molecule has 0 fully saturated rings. The first-order valence-corrected chi connectivity index (χ1v) is 17.0. The van der Waals surface area contributed by atoms with Gasteiger partial charge in [0.25, 0.3) is 0 Å². The Balaban J connectivity index is 1.05. The Morgan fingerprint density at radius 3 is 1.27 bits per heavy atom. The molecule has 0 aromatic heterocycles. The molecule has 51 heavy (non-hydrogen) atoms. The molecular weight excluding hydrogens is 625 g/mol. The molecule has 0 bridgehead atoms. The lowest BCUT2D eigenvalue weighted by Crippen LogP contribution is -1.94. The van der Waals surface area contributed by atoms with Crippen molar-refractivity contribution in [2.75, 3.05) is 0 Å². The molecule has 244 valence electrons. The Morgan fingerprint density at radius 1 is 0.235 bits per heavy atom. The molecular formula is C48H34O3. The van der Waals surface area contributed by atoms with Crippen LogP contribution in [-0.4, -0.2) is 0 Å². The topological polar surface area (TPSA) is 27.7 Å². The molecule has 0 aliphatic heterocycles. The average Bonchev–Trinajstić information content (AvgIpc) is 3.20. The van der Waals surface area contributed by atoms with Crippen LogP contribution in [0.2, 0.25) is 0 Å². The normalized spacial score (nSPS) is 10.7. The van der Waals surface area contributed by atoms with Crippen LogP contribution in [0.25, 0.3) is 44.5 Å². The lowest BCUT2D eigenvalue weighted by atomic mass is 9.99. The van der Waals surface area contributed by atoms with Gasteiger partial charge in [-0.3, -0.25) is 0 Å². The molecule has 0 radical (unpaired) electrons. The van der Waals surface area contributed by atoms with Crippen molar-refractivity contribution in [3.8, 4) is 79.0 Å². The van der Waals surface area contributed by atoms with Gasteiger partial charge >= 0.3 is 0 Å². The Labute approximate surface area is 298 Å². The first-order valence-electron chi connectivity index (χ1n) is 17.0. The predicted molar refractivity (Wildman–Crippen MR) is 208 cm³/mol. The van der Waals surface area contributed by atoms with Gasteiger partial charge in [-0.15, -0.1) is 0 Å². The second-order valence-electron chi connectivity index (χ2n) is 12.1. The van der Waals surface area contributed by atoms with E-state index in [1.807, 2.05) is 109 Å². The number of hydrogen-bond acceptors (Lipinski definition) is 3. The summed E-state index contributed by atoms with van der Waals surface area (Å²) in [5.41, 5.74) is 8.67. The van der Waals surface area contributed by atoms with Crippen LogP contribution < -0.4 is 14.2 Å². The SMILES string of the molecule is c1ccc(Oc2c(Oc3cccc(-c4ccc(Oc5cccc(-c6ccccc6)c5)cc4)c3)cccc2-c2ccc(-c3ccccc3)cc2)cc1. The molecule has 8 rings (SSSR count). The maximum absolute atomic E-state index is 6.60. The summed E-state index contributed by atoms with van der Waals surface area (Å²) in [6.07, 6.45) is 0. The van der Waals surface area contributed by atoms with Crippen LogP contribution in [0.5, 0.6) is 34.5 Å². The first kappa shape index (κ1) is 31.4. The van der Waals surface area contributed by atoms with Crippen molar-refractivity contribution in [2.45, 2.75) is 0 Å². The largest absolute Gasteiger partial charge is 0.457 e. The number of rotatable bonds is 10. The number of hydrogen-bond donors (Lipinski definition) is 0. The first-order chi connectivity index (χ1) is 25.2. The zero-order chi connectivity index (χ0) is 34.2. The van der Waals surface area contributed by atoms with Crippen molar-refractivity contribution < 1.29 is 14.2 Å². The van der Waals surface area contributed by atoms with Gasteiger partial charge in [0.2, 0.25) is 0 Å². The van der Waals surface area contributed by atoms with Crippen molar-refractivity contribution in [1.82, 2.24) is 0 Å². The number of benzene rings is 8. The van der Waals surface area contributed by atoms with Crippen LogP contribution in [-0.2, 0) is 0 Å². The Kier molecular flexibility index (Phi) is 9.08. The van der Waals surface area contributed by atoms with Gasteiger partial charge in [-0.25, -0.2) is 0 Å². The van der Waals surface area contributed by atoms with Gasteiger partial charge in [0.05, 0.1) is 0 Å². The van der Waals surface area contributed by atoms with Gasteiger partial charge in [0, 0.05) is 5.56 Å². The fourth-order valence-electron chi connectivity index (χ4n) is 6.10. The van der Waals surface area contributed by atoms with E-state index in [1.165, 1.54) is 5.56 Å². The summed E-state index contributed by atoms with van der Waals surface area (Å²) in [6.45, 7) is 0. The van der Waals surface area contributed by atoms with Crippen LogP contribution >= 0.6 is 0 Å². The summed E-state index contributed by atoms with van der Waals surface area (Å²) >= 11 is 0. The Hall–Kier alpha value is -6.84. The van der Waals surface area contributed by atoms with E-state index in [0.717, 1.165) is 56.2 Å². The fraction of sp³-hybridized carbons (Fsp3) is 0. The highest BCUT2D eigenvalue weighted by atomic mass is 16.5. The maximum atomic E-state index is 6.60. The van der Waals surface area contributed by atoms with E-state index in [-0.39, 0.29) is 0 Å². The van der Waals surface area contributed by atoms with E-state index in [4.69, 9.17) is 14.2 Å². The molecule has 3 heteroatoms. The minimum atomic E-state index is 0.627. The molecule has 0 N–H and O–H groups in total. The highest BCUT2D eigenvalue weighted by Crippen LogP contribution is 2.43. The second-order valence-corrected chi connectivity index (χ2v) is 12.1. The molecule has 0 saturated carbocycles. The van der Waals surface area contributed by atoms with Gasteiger partial charge in [-0.05, 0) is 93.5 Å². The van der Waals surface area contributed by atoms with Crippen LogP contribution in [0.3, 0.4) is 0 Å². The molecule has 8 aromatic carbocycles. The number of para-hydroxylation sites is 2.